The van der Waals surface area contributed by atoms with Gasteiger partial charge < -0.3 is 9.84 Å². The molecule has 144 valence electrons. The molecule has 5 rings (SSSR count). The highest BCUT2D eigenvalue weighted by atomic mass is 19.1. The van der Waals surface area contributed by atoms with E-state index in [0.29, 0.717) is 34.9 Å². The van der Waals surface area contributed by atoms with E-state index in [1.54, 1.807) is 12.1 Å². The minimum atomic E-state index is -0.903. The van der Waals surface area contributed by atoms with Crippen molar-refractivity contribution in [3.05, 3.63) is 65.8 Å². The number of fused-ring (bicyclic) bond motifs is 1. The van der Waals surface area contributed by atoms with E-state index in [1.807, 2.05) is 37.3 Å². The Balaban J connectivity index is 1.40. The monoisotopic (exact) mass is 389 g/mol. The number of benzene rings is 2. The molecule has 1 N–H and O–H groups in total. The second-order valence-electron chi connectivity index (χ2n) is 7.04. The Morgan fingerprint density at radius 3 is 2.76 bits per heavy atom. The van der Waals surface area contributed by atoms with E-state index < -0.39 is 6.17 Å². The van der Waals surface area contributed by atoms with Gasteiger partial charge in [-0.05, 0) is 37.1 Å². The fourth-order valence-corrected chi connectivity index (χ4v) is 3.07. The number of alkyl halides is 1. The third kappa shape index (κ3) is 3.33. The lowest BCUT2D eigenvalue weighted by Crippen LogP contribution is -2.15. The van der Waals surface area contributed by atoms with Crippen LogP contribution >= 0.6 is 0 Å². The Morgan fingerprint density at radius 1 is 1.17 bits per heavy atom. The van der Waals surface area contributed by atoms with Crippen LogP contribution in [-0.4, -0.2) is 32.2 Å². The number of para-hydroxylation sites is 2. The van der Waals surface area contributed by atoms with Crippen LogP contribution in [0.5, 0.6) is 0 Å². The maximum absolute atomic E-state index is 13.2. The Kier molecular flexibility index (Phi) is 4.04. The zero-order valence-electron chi connectivity index (χ0n) is 15.5. The highest BCUT2D eigenvalue weighted by molar-refractivity contribution is 6.04. The molecule has 7 nitrogen and oxygen atoms in total. The average Bonchev–Trinajstić information content (AvgIpc) is 3.26. The minimum absolute atomic E-state index is 0.220. The van der Waals surface area contributed by atoms with Crippen molar-refractivity contribution < 1.29 is 13.7 Å². The fourth-order valence-electron chi connectivity index (χ4n) is 3.07. The molecule has 2 heterocycles. The maximum Gasteiger partial charge on any atom is 0.275 e. The molecule has 1 aliphatic carbocycles. The molecule has 0 radical (unpaired) electrons. The molecule has 0 spiro atoms. The second kappa shape index (κ2) is 6.73. The molecular weight excluding hydrogens is 373 g/mol. The number of amides is 1. The summed E-state index contributed by atoms with van der Waals surface area (Å²) in [6.45, 7) is 1.88. The number of nitrogens with zero attached hydrogens (tertiary/aromatic N) is 4. The van der Waals surface area contributed by atoms with Crippen molar-refractivity contribution >= 4 is 22.6 Å². The van der Waals surface area contributed by atoms with Gasteiger partial charge in [0.25, 0.3) is 5.91 Å². The summed E-state index contributed by atoms with van der Waals surface area (Å²) in [6, 6.07) is 12.8. The molecule has 0 unspecified atom stereocenters. The van der Waals surface area contributed by atoms with E-state index >= 15 is 0 Å². The van der Waals surface area contributed by atoms with Crippen LogP contribution in [0.25, 0.3) is 22.4 Å². The van der Waals surface area contributed by atoms with Crippen LogP contribution in [-0.2, 0) is 0 Å². The predicted octanol–water partition coefficient (Wildman–Crippen LogP) is 4.07. The largest absolute Gasteiger partial charge is 0.339 e. The van der Waals surface area contributed by atoms with E-state index in [1.165, 1.54) is 6.20 Å². The summed E-state index contributed by atoms with van der Waals surface area (Å²) in [5.41, 5.74) is 3.73. The molecule has 8 heteroatoms. The number of nitrogens with one attached hydrogen (secondary N) is 1. The van der Waals surface area contributed by atoms with Gasteiger partial charge in [0, 0.05) is 11.3 Å². The van der Waals surface area contributed by atoms with Gasteiger partial charge in [0.1, 0.15) is 11.9 Å². The molecule has 2 aromatic heterocycles. The third-order valence-corrected chi connectivity index (χ3v) is 4.90. The van der Waals surface area contributed by atoms with E-state index in [-0.39, 0.29) is 17.5 Å². The van der Waals surface area contributed by atoms with Crippen LogP contribution in [0, 0.1) is 6.92 Å². The van der Waals surface area contributed by atoms with Crippen molar-refractivity contribution in [1.82, 2.24) is 20.1 Å². The number of aryl methyl sites for hydroxylation is 1. The van der Waals surface area contributed by atoms with Gasteiger partial charge in [-0.2, -0.15) is 4.98 Å². The Morgan fingerprint density at radius 2 is 1.97 bits per heavy atom. The first kappa shape index (κ1) is 17.4. The van der Waals surface area contributed by atoms with Gasteiger partial charge >= 0.3 is 0 Å². The molecule has 1 aliphatic rings. The molecule has 2 atom stereocenters. The van der Waals surface area contributed by atoms with E-state index in [0.717, 1.165) is 11.1 Å². The molecule has 4 aromatic rings. The Hall–Kier alpha value is -3.68. The molecule has 0 saturated heterocycles. The van der Waals surface area contributed by atoms with Gasteiger partial charge in [-0.25, -0.2) is 9.37 Å². The quantitative estimate of drug-likeness (QED) is 0.566. The Labute approximate surface area is 165 Å². The predicted molar refractivity (Wildman–Crippen MR) is 104 cm³/mol. The summed E-state index contributed by atoms with van der Waals surface area (Å²) in [6.07, 6.45) is 0.967. The van der Waals surface area contributed by atoms with Crippen molar-refractivity contribution in [2.24, 2.45) is 0 Å². The van der Waals surface area contributed by atoms with Crippen molar-refractivity contribution in [2.45, 2.75) is 25.4 Å². The van der Waals surface area contributed by atoms with E-state index in [9.17, 15) is 9.18 Å². The maximum atomic E-state index is 13.2. The number of rotatable bonds is 4. The van der Waals surface area contributed by atoms with Crippen LogP contribution in [0.2, 0.25) is 0 Å². The minimum Gasteiger partial charge on any atom is -0.339 e. The van der Waals surface area contributed by atoms with Gasteiger partial charge in [-0.3, -0.25) is 9.78 Å². The lowest BCUT2D eigenvalue weighted by Gasteiger charge is -2.09. The van der Waals surface area contributed by atoms with Gasteiger partial charge in [0.15, 0.2) is 0 Å². The zero-order valence-corrected chi connectivity index (χ0v) is 15.5. The molecule has 0 aliphatic heterocycles. The first-order chi connectivity index (χ1) is 14.1. The van der Waals surface area contributed by atoms with Crippen LogP contribution in [0.3, 0.4) is 0 Å². The van der Waals surface area contributed by atoms with Crippen LogP contribution in [0.15, 0.2) is 53.2 Å². The summed E-state index contributed by atoms with van der Waals surface area (Å²) < 4.78 is 18.4. The smallest absolute Gasteiger partial charge is 0.275 e. The van der Waals surface area contributed by atoms with Gasteiger partial charge in [0.05, 0.1) is 23.1 Å². The Bertz CT molecular complexity index is 1240. The molecule has 2 aromatic carbocycles. The van der Waals surface area contributed by atoms with E-state index in [2.05, 4.69) is 25.4 Å². The molecule has 1 fully saturated rings. The number of anilines is 1. The number of halogens is 1. The fraction of sp³-hybridized carbons (Fsp3) is 0.190. The number of hydrogen-bond donors (Lipinski definition) is 1. The van der Waals surface area contributed by atoms with Crippen molar-refractivity contribution in [3.63, 3.8) is 0 Å². The lowest BCUT2D eigenvalue weighted by molar-refractivity contribution is 0.102. The molecule has 0 bridgehead atoms. The highest BCUT2D eigenvalue weighted by Crippen LogP contribution is 2.43. The van der Waals surface area contributed by atoms with Crippen molar-refractivity contribution in [1.29, 1.82) is 0 Å². The summed E-state index contributed by atoms with van der Waals surface area (Å²) >= 11 is 0. The number of carbonyl (C=O) groups is 1. The van der Waals surface area contributed by atoms with Gasteiger partial charge in [-0.15, -0.1) is 0 Å². The lowest BCUT2D eigenvalue weighted by atomic mass is 10.1. The first-order valence-corrected chi connectivity index (χ1v) is 9.20. The summed E-state index contributed by atoms with van der Waals surface area (Å²) in [7, 11) is 0. The average molecular weight is 389 g/mol. The number of hydrogen-bond acceptors (Lipinski definition) is 6. The van der Waals surface area contributed by atoms with Crippen LogP contribution < -0.4 is 5.32 Å². The number of aromatic nitrogens is 4. The van der Waals surface area contributed by atoms with Crippen LogP contribution in [0.1, 0.15) is 34.3 Å². The molecule has 1 amide bonds. The number of carbonyl (C=O) groups excluding carboxylic acids is 1. The molecule has 29 heavy (non-hydrogen) atoms. The van der Waals surface area contributed by atoms with Crippen molar-refractivity contribution in [3.8, 4) is 11.4 Å². The van der Waals surface area contributed by atoms with Crippen LogP contribution in [0.4, 0.5) is 10.1 Å². The van der Waals surface area contributed by atoms with Crippen molar-refractivity contribution in [2.75, 3.05) is 5.32 Å². The molecular formula is C21H16FN5O2. The second-order valence-corrected chi connectivity index (χ2v) is 7.04. The first-order valence-electron chi connectivity index (χ1n) is 9.20. The molecule has 1 saturated carbocycles. The zero-order chi connectivity index (χ0) is 20.0. The van der Waals surface area contributed by atoms with Gasteiger partial charge in [-0.1, -0.05) is 29.4 Å². The summed E-state index contributed by atoms with van der Waals surface area (Å²) in [5.74, 6) is 0.00750. The summed E-state index contributed by atoms with van der Waals surface area (Å²) in [4.78, 5) is 25.6. The van der Waals surface area contributed by atoms with E-state index in [4.69, 9.17) is 4.52 Å². The normalized spacial score (nSPS) is 18.0. The summed E-state index contributed by atoms with van der Waals surface area (Å²) in [5, 5.41) is 6.80. The topological polar surface area (TPSA) is 93.8 Å². The SMILES string of the molecule is Cc1ccc(-c2noc([C@H]3C[C@@H]3F)n2)cc1NC(=O)c1cnc2ccccc2n1. The third-order valence-electron chi connectivity index (χ3n) is 4.90. The van der Waals surface area contributed by atoms with Gasteiger partial charge in [0.2, 0.25) is 11.7 Å². The highest BCUT2D eigenvalue weighted by Gasteiger charge is 2.43. The standard InChI is InChI=1S/C21H16FN5O2/c1-11-6-7-12(19-26-21(29-27-19)13-9-14(13)22)8-17(11)25-20(28)18-10-23-15-4-2-3-5-16(15)24-18/h2-8,10,13-14H,9H2,1H3,(H,25,28)/t13-,14-/m0/s1.